The quantitative estimate of drug-likeness (QED) is 0.566. The molecule has 3 aromatic carbocycles. The lowest BCUT2D eigenvalue weighted by Crippen LogP contribution is -2.41. The molecule has 5 rings (SSSR count). The molecule has 2 atom stereocenters. The van der Waals surface area contributed by atoms with Gasteiger partial charge >= 0.3 is 10.1 Å². The third-order valence-corrected chi connectivity index (χ3v) is 7.10. The van der Waals surface area contributed by atoms with Gasteiger partial charge in [0.05, 0.1) is 19.8 Å². The number of aryl methyl sites for hydroxylation is 1. The Morgan fingerprint density at radius 3 is 2.36 bits per heavy atom. The zero-order valence-electron chi connectivity index (χ0n) is 18.2. The second-order valence-electron chi connectivity index (χ2n) is 7.96. The third kappa shape index (κ3) is 3.44. The topological polar surface area (TPSA) is 101 Å². The Morgan fingerprint density at radius 1 is 0.970 bits per heavy atom. The minimum absolute atomic E-state index is 0.00976. The highest BCUT2D eigenvalue weighted by atomic mass is 32.2. The summed E-state index contributed by atoms with van der Waals surface area (Å²) in [6, 6.07) is 14.5. The fourth-order valence-corrected chi connectivity index (χ4v) is 5.07. The molecule has 0 saturated carbocycles. The van der Waals surface area contributed by atoms with E-state index in [-0.39, 0.29) is 28.6 Å². The van der Waals surface area contributed by atoms with Crippen molar-refractivity contribution in [3.8, 4) is 28.7 Å². The van der Waals surface area contributed by atoms with Gasteiger partial charge in [-0.2, -0.15) is 8.42 Å². The summed E-state index contributed by atoms with van der Waals surface area (Å²) in [6.45, 7) is 1.69. The molecular weight excluding hydrogens is 448 g/mol. The first-order valence-electron chi connectivity index (χ1n) is 10.2. The second kappa shape index (κ2) is 7.57. The lowest BCUT2D eigenvalue weighted by Gasteiger charge is -2.35. The standard InChI is InChI=1S/C24H22O8S/c1-14-4-7-17(8-5-14)33(26,27)32-21-12-16(29-3)11-20-22(21)24(25)13-30-19-10-15(28-2)6-9-18(19)23(24)31-20/h4-12,23,25H,13H2,1-3H3/t23-,24+/m0/s1. The summed E-state index contributed by atoms with van der Waals surface area (Å²) in [7, 11) is -1.20. The van der Waals surface area contributed by atoms with Gasteiger partial charge in [-0.05, 0) is 31.2 Å². The van der Waals surface area contributed by atoms with Crippen molar-refractivity contribution in [1.82, 2.24) is 0 Å². The summed E-state index contributed by atoms with van der Waals surface area (Å²) in [6.07, 6.45) is -0.835. The summed E-state index contributed by atoms with van der Waals surface area (Å²) in [4.78, 5) is -0.00976. The maximum absolute atomic E-state index is 13.0. The van der Waals surface area contributed by atoms with Crippen molar-refractivity contribution in [1.29, 1.82) is 0 Å². The molecule has 0 saturated heterocycles. The van der Waals surface area contributed by atoms with Crippen LogP contribution < -0.4 is 23.1 Å². The van der Waals surface area contributed by atoms with Crippen molar-refractivity contribution in [3.63, 3.8) is 0 Å². The van der Waals surface area contributed by atoms with Gasteiger partial charge in [-0.25, -0.2) is 0 Å². The summed E-state index contributed by atoms with van der Waals surface area (Å²) in [5.74, 6) is 1.60. The van der Waals surface area contributed by atoms with Gasteiger partial charge in [0.15, 0.2) is 17.5 Å². The normalized spacial score (nSPS) is 20.5. The molecule has 8 nitrogen and oxygen atoms in total. The van der Waals surface area contributed by atoms with Crippen LogP contribution in [-0.4, -0.2) is 34.4 Å². The van der Waals surface area contributed by atoms with Gasteiger partial charge < -0.3 is 28.2 Å². The number of hydrogen-bond donors (Lipinski definition) is 1. The molecule has 0 radical (unpaired) electrons. The highest BCUT2D eigenvalue weighted by Crippen LogP contribution is 2.57. The zero-order chi connectivity index (χ0) is 23.4. The molecule has 1 N–H and O–H groups in total. The molecule has 0 amide bonds. The number of aliphatic hydroxyl groups is 1. The van der Waals surface area contributed by atoms with Crippen molar-refractivity contribution >= 4 is 10.1 Å². The first kappa shape index (κ1) is 21.4. The number of ether oxygens (including phenoxy) is 4. The van der Waals surface area contributed by atoms with Gasteiger partial charge in [0.2, 0.25) is 0 Å². The SMILES string of the molecule is COc1ccc2c(c1)OC[C@@]1(O)c3c(cc(OC)cc3OS(=O)(=O)c3ccc(C)cc3)O[C@@H]21. The molecule has 0 spiro atoms. The van der Waals surface area contributed by atoms with E-state index in [1.54, 1.807) is 43.5 Å². The maximum Gasteiger partial charge on any atom is 0.339 e. The number of fused-ring (bicyclic) bond motifs is 5. The fourth-order valence-electron chi connectivity index (χ4n) is 4.14. The summed E-state index contributed by atoms with van der Waals surface area (Å²) < 4.78 is 54.1. The van der Waals surface area contributed by atoms with Gasteiger partial charge in [0.1, 0.15) is 34.5 Å². The maximum atomic E-state index is 13.0. The van der Waals surface area contributed by atoms with E-state index in [0.29, 0.717) is 22.8 Å². The van der Waals surface area contributed by atoms with Crippen LogP contribution >= 0.6 is 0 Å². The van der Waals surface area contributed by atoms with E-state index >= 15 is 0 Å². The molecular formula is C24H22O8S. The van der Waals surface area contributed by atoms with Crippen LogP contribution in [-0.2, 0) is 15.7 Å². The van der Waals surface area contributed by atoms with Crippen molar-refractivity contribution in [3.05, 3.63) is 71.3 Å². The summed E-state index contributed by atoms with van der Waals surface area (Å²) >= 11 is 0. The van der Waals surface area contributed by atoms with Crippen LogP contribution in [0.25, 0.3) is 0 Å². The zero-order valence-corrected chi connectivity index (χ0v) is 19.0. The van der Waals surface area contributed by atoms with E-state index in [0.717, 1.165) is 5.56 Å². The molecule has 2 heterocycles. The largest absolute Gasteiger partial charge is 0.497 e. The number of methoxy groups -OCH3 is 2. The number of benzene rings is 3. The van der Waals surface area contributed by atoms with Crippen molar-refractivity contribution in [2.75, 3.05) is 20.8 Å². The Labute approximate surface area is 191 Å². The lowest BCUT2D eigenvalue weighted by molar-refractivity contribution is -0.0869. The molecule has 172 valence electrons. The molecule has 2 aliphatic heterocycles. The molecule has 33 heavy (non-hydrogen) atoms. The average Bonchev–Trinajstić information content (AvgIpc) is 3.11. The van der Waals surface area contributed by atoms with Gasteiger partial charge in [0, 0.05) is 23.8 Å². The first-order chi connectivity index (χ1) is 15.7. The Morgan fingerprint density at radius 2 is 1.67 bits per heavy atom. The second-order valence-corrected chi connectivity index (χ2v) is 9.51. The van der Waals surface area contributed by atoms with Gasteiger partial charge in [0.25, 0.3) is 0 Å². The molecule has 0 aliphatic carbocycles. The number of rotatable bonds is 5. The lowest BCUT2D eigenvalue weighted by atomic mass is 9.84. The van der Waals surface area contributed by atoms with Crippen LogP contribution in [0.4, 0.5) is 0 Å². The van der Waals surface area contributed by atoms with E-state index in [1.807, 2.05) is 6.92 Å². The summed E-state index contributed by atoms with van der Waals surface area (Å²) in [5, 5.41) is 11.7. The Kier molecular flexibility index (Phi) is 4.91. The van der Waals surface area contributed by atoms with Crippen molar-refractivity contribution in [2.45, 2.75) is 23.5 Å². The highest BCUT2D eigenvalue weighted by Gasteiger charge is 2.55. The summed E-state index contributed by atoms with van der Waals surface area (Å²) in [5.41, 5.74) is 0.0235. The first-order valence-corrected chi connectivity index (χ1v) is 11.6. The minimum Gasteiger partial charge on any atom is -0.497 e. The molecule has 0 fully saturated rings. The van der Waals surface area contributed by atoms with E-state index in [4.69, 9.17) is 23.1 Å². The van der Waals surface area contributed by atoms with Crippen LogP contribution in [0.5, 0.6) is 28.7 Å². The molecule has 2 aliphatic rings. The monoisotopic (exact) mass is 470 g/mol. The molecule has 9 heteroatoms. The fraction of sp³-hybridized carbons (Fsp3) is 0.250. The van der Waals surface area contributed by atoms with Gasteiger partial charge in [-0.15, -0.1) is 0 Å². The minimum atomic E-state index is -4.19. The van der Waals surface area contributed by atoms with Crippen LogP contribution in [0.3, 0.4) is 0 Å². The average molecular weight is 470 g/mol. The molecule has 0 aromatic heterocycles. The van der Waals surface area contributed by atoms with Gasteiger partial charge in [-0.1, -0.05) is 17.7 Å². The van der Waals surface area contributed by atoms with Crippen LogP contribution in [0, 0.1) is 6.92 Å². The molecule has 0 unspecified atom stereocenters. The van der Waals surface area contributed by atoms with E-state index in [9.17, 15) is 13.5 Å². The Hall–Kier alpha value is -3.43. The Bertz CT molecular complexity index is 1330. The van der Waals surface area contributed by atoms with E-state index in [2.05, 4.69) is 0 Å². The Balaban J connectivity index is 1.60. The number of hydrogen-bond acceptors (Lipinski definition) is 8. The third-order valence-electron chi connectivity index (χ3n) is 5.85. The van der Waals surface area contributed by atoms with Crippen LogP contribution in [0.2, 0.25) is 0 Å². The molecule has 3 aromatic rings. The van der Waals surface area contributed by atoms with Gasteiger partial charge in [-0.3, -0.25) is 0 Å². The smallest absolute Gasteiger partial charge is 0.339 e. The van der Waals surface area contributed by atoms with Crippen molar-refractivity contribution in [2.24, 2.45) is 0 Å². The van der Waals surface area contributed by atoms with Crippen molar-refractivity contribution < 1.29 is 36.7 Å². The molecule has 0 bridgehead atoms. The predicted molar refractivity (Wildman–Crippen MR) is 118 cm³/mol. The van der Waals surface area contributed by atoms with Crippen LogP contribution in [0.15, 0.2) is 59.5 Å². The van der Waals surface area contributed by atoms with E-state index < -0.39 is 21.8 Å². The highest BCUT2D eigenvalue weighted by molar-refractivity contribution is 7.87. The van der Waals surface area contributed by atoms with Crippen LogP contribution in [0.1, 0.15) is 22.8 Å². The van der Waals surface area contributed by atoms with E-state index in [1.165, 1.54) is 25.3 Å². The predicted octanol–water partition coefficient (Wildman–Crippen LogP) is 3.49.